The van der Waals surface area contributed by atoms with Crippen LogP contribution in [0.25, 0.3) is 0 Å². The van der Waals surface area contributed by atoms with E-state index < -0.39 is 32.1 Å². The highest BCUT2D eigenvalue weighted by molar-refractivity contribution is 7.99. The van der Waals surface area contributed by atoms with Crippen LogP contribution in [-0.2, 0) is 19.6 Å². The molecule has 3 rings (SSSR count). The van der Waals surface area contributed by atoms with Crippen molar-refractivity contribution in [3.8, 4) is 0 Å². The number of sulfonamides is 1. The van der Waals surface area contributed by atoms with Crippen molar-refractivity contribution in [2.45, 2.75) is 66.4 Å². The fraction of sp³-hybridized carbons (Fsp3) is 0.519. The molecule has 1 aliphatic rings. The monoisotopic (exact) mass is 596 g/mol. The quantitative estimate of drug-likeness (QED) is 0.145. The molecule has 1 fully saturated rings. The minimum absolute atomic E-state index is 0.163. The van der Waals surface area contributed by atoms with Crippen LogP contribution in [0.4, 0.5) is 15.8 Å². The van der Waals surface area contributed by atoms with Gasteiger partial charge in [-0.1, -0.05) is 25.7 Å². The number of nitro benzene ring substituents is 1. The summed E-state index contributed by atoms with van der Waals surface area (Å²) in [7, 11) is 0.838. The van der Waals surface area contributed by atoms with Crippen molar-refractivity contribution < 1.29 is 27.3 Å². The second-order valence-electron chi connectivity index (χ2n) is 10.2. The number of nitrogens with one attached hydrogen (secondary N) is 2. The zero-order chi connectivity index (χ0) is 29.3. The highest BCUT2D eigenvalue weighted by Gasteiger charge is 2.41. The smallest absolute Gasteiger partial charge is 0.293 e. The van der Waals surface area contributed by atoms with E-state index in [0.29, 0.717) is 31.6 Å². The zero-order valence-electron chi connectivity index (χ0n) is 23.0. The van der Waals surface area contributed by atoms with E-state index in [1.165, 1.54) is 43.1 Å². The molecular weight excluding hydrogens is 559 g/mol. The number of thioether (sulfide) groups is 1. The molecule has 2 aromatic rings. The first-order valence-electron chi connectivity index (χ1n) is 13.2. The zero-order valence-corrected chi connectivity index (χ0v) is 24.7. The summed E-state index contributed by atoms with van der Waals surface area (Å²) in [5.41, 5.74) is -1.51. The molecule has 40 heavy (non-hydrogen) atoms. The van der Waals surface area contributed by atoms with Gasteiger partial charge in [-0.05, 0) is 76.3 Å². The molecule has 0 spiro atoms. The van der Waals surface area contributed by atoms with Crippen LogP contribution in [0.1, 0.15) is 44.9 Å². The Kier molecular flexibility index (Phi) is 11.3. The highest BCUT2D eigenvalue weighted by atomic mass is 32.2. The molecule has 1 saturated carbocycles. The average molecular weight is 597 g/mol. The van der Waals surface area contributed by atoms with E-state index in [-0.39, 0.29) is 22.4 Å². The third kappa shape index (κ3) is 8.63. The molecule has 10 nitrogen and oxygen atoms in total. The van der Waals surface area contributed by atoms with Gasteiger partial charge in [0.15, 0.2) is 0 Å². The number of nitrogens with zero attached hydrogens (tertiary/aromatic N) is 2. The van der Waals surface area contributed by atoms with Crippen LogP contribution in [0.15, 0.2) is 52.3 Å². The largest absolute Gasteiger partial charge is 0.376 e. The van der Waals surface area contributed by atoms with Crippen LogP contribution in [0.2, 0.25) is 0 Å². The maximum absolute atomic E-state index is 13.3. The summed E-state index contributed by atoms with van der Waals surface area (Å²) in [6.45, 7) is 0.704. The fourth-order valence-corrected chi connectivity index (χ4v) is 6.64. The molecule has 0 saturated heterocycles. The molecule has 1 amide bonds. The molecule has 2 aromatic carbocycles. The van der Waals surface area contributed by atoms with Gasteiger partial charge in [-0.2, -0.15) is 0 Å². The first-order valence-corrected chi connectivity index (χ1v) is 15.6. The van der Waals surface area contributed by atoms with Gasteiger partial charge in [-0.25, -0.2) is 17.5 Å². The summed E-state index contributed by atoms with van der Waals surface area (Å²) in [5, 5.41) is 15.2. The van der Waals surface area contributed by atoms with Crippen LogP contribution < -0.4 is 10.0 Å². The third-order valence-corrected chi connectivity index (χ3v) is 9.47. The Labute approximate surface area is 239 Å². The van der Waals surface area contributed by atoms with E-state index in [2.05, 4.69) is 10.0 Å². The Bertz CT molecular complexity index is 1270. The predicted molar refractivity (Wildman–Crippen MR) is 154 cm³/mol. The molecule has 1 atom stereocenters. The number of hydrogen-bond acceptors (Lipinski definition) is 9. The number of nitro groups is 1. The van der Waals surface area contributed by atoms with Gasteiger partial charge in [0.1, 0.15) is 17.1 Å². The second-order valence-corrected chi connectivity index (χ2v) is 13.0. The van der Waals surface area contributed by atoms with Crippen molar-refractivity contribution >= 4 is 39.1 Å². The SMILES string of the molecule is COC1(C(=O)NS(=O)(=O)c2ccc(N[C@H](CCN(C)C)CSc3ccc(F)cc3)c([N+](=O)[O-])c2)CCCCCC1. The Balaban J connectivity index is 1.81. The maximum Gasteiger partial charge on any atom is 0.293 e. The first kappa shape index (κ1) is 31.8. The summed E-state index contributed by atoms with van der Waals surface area (Å²) < 4.78 is 47.1. The van der Waals surface area contributed by atoms with Crippen LogP contribution in [0.5, 0.6) is 0 Å². The number of methoxy groups -OCH3 is 1. The van der Waals surface area contributed by atoms with E-state index in [1.54, 1.807) is 12.1 Å². The number of ether oxygens (including phenoxy) is 1. The second kappa shape index (κ2) is 14.2. The van der Waals surface area contributed by atoms with E-state index in [4.69, 9.17) is 4.74 Å². The number of hydrogen-bond donors (Lipinski definition) is 2. The lowest BCUT2D eigenvalue weighted by Gasteiger charge is -2.29. The van der Waals surface area contributed by atoms with Crippen molar-refractivity contribution in [2.24, 2.45) is 0 Å². The number of halogens is 1. The molecule has 0 aromatic heterocycles. The van der Waals surface area contributed by atoms with Gasteiger partial charge in [-0.3, -0.25) is 14.9 Å². The van der Waals surface area contributed by atoms with Crippen LogP contribution in [-0.4, -0.2) is 69.3 Å². The van der Waals surface area contributed by atoms with Crippen LogP contribution >= 0.6 is 11.8 Å². The minimum Gasteiger partial charge on any atom is -0.376 e. The van der Waals surface area contributed by atoms with E-state index in [9.17, 15) is 27.7 Å². The van der Waals surface area contributed by atoms with Crippen molar-refractivity contribution in [1.82, 2.24) is 9.62 Å². The number of amides is 1. The van der Waals surface area contributed by atoms with Crippen molar-refractivity contribution in [3.63, 3.8) is 0 Å². The van der Waals surface area contributed by atoms with Gasteiger partial charge in [0.05, 0.1) is 9.82 Å². The standard InChI is InChI=1S/C27H37FN4O6S2/c1-31(2)17-14-21(19-39-22-10-8-20(28)9-11-22)29-24-13-12-23(18-25(24)32(34)35)40(36,37)30-26(33)27(38-3)15-6-4-5-7-16-27/h8-13,18,21,29H,4-7,14-17,19H2,1-3H3,(H,30,33)/t21-/m1/s1. The minimum atomic E-state index is -4.39. The number of carbonyl (C=O) groups excluding carboxylic acids is 1. The summed E-state index contributed by atoms with van der Waals surface area (Å²) in [6, 6.07) is 9.42. The normalized spacial score (nSPS) is 16.2. The van der Waals surface area contributed by atoms with E-state index in [0.717, 1.165) is 36.6 Å². The number of rotatable bonds is 13. The molecule has 1 aliphatic carbocycles. The molecule has 0 radical (unpaired) electrons. The van der Waals surface area contributed by atoms with Crippen molar-refractivity contribution in [2.75, 3.05) is 38.8 Å². The van der Waals surface area contributed by atoms with Crippen LogP contribution in [0.3, 0.4) is 0 Å². The third-order valence-electron chi connectivity index (χ3n) is 6.97. The van der Waals surface area contributed by atoms with Gasteiger partial charge in [0.25, 0.3) is 21.6 Å². The lowest BCUT2D eigenvalue weighted by atomic mass is 9.93. The number of benzene rings is 2. The number of anilines is 1. The molecule has 0 unspecified atom stereocenters. The summed E-state index contributed by atoms with van der Waals surface area (Å²) >= 11 is 1.48. The van der Waals surface area contributed by atoms with Crippen molar-refractivity contribution in [1.29, 1.82) is 0 Å². The highest BCUT2D eigenvalue weighted by Crippen LogP contribution is 2.32. The molecule has 13 heteroatoms. The summed E-state index contributed by atoms with van der Waals surface area (Å²) in [6.07, 6.45) is 4.79. The van der Waals surface area contributed by atoms with E-state index in [1.807, 2.05) is 19.0 Å². The summed E-state index contributed by atoms with van der Waals surface area (Å²) in [5.74, 6) is -0.560. The number of carbonyl (C=O) groups is 1. The molecule has 220 valence electrons. The summed E-state index contributed by atoms with van der Waals surface area (Å²) in [4.78, 5) is 26.9. The van der Waals surface area contributed by atoms with Crippen molar-refractivity contribution in [3.05, 3.63) is 58.4 Å². The predicted octanol–water partition coefficient (Wildman–Crippen LogP) is 4.80. The lowest BCUT2D eigenvalue weighted by Crippen LogP contribution is -2.49. The Hall–Kier alpha value is -2.74. The topological polar surface area (TPSA) is 131 Å². The van der Waals surface area contributed by atoms with Crippen LogP contribution in [0, 0.1) is 15.9 Å². The lowest BCUT2D eigenvalue weighted by molar-refractivity contribution is -0.384. The molecule has 0 heterocycles. The molecule has 0 bridgehead atoms. The van der Waals surface area contributed by atoms with Gasteiger partial charge < -0.3 is 15.0 Å². The van der Waals surface area contributed by atoms with Gasteiger partial charge >= 0.3 is 0 Å². The fourth-order valence-electron chi connectivity index (χ4n) is 4.61. The molecular formula is C27H37FN4O6S2. The first-order chi connectivity index (χ1) is 19.0. The van der Waals surface area contributed by atoms with E-state index >= 15 is 0 Å². The van der Waals surface area contributed by atoms with Gasteiger partial charge in [-0.15, -0.1) is 11.8 Å². The Morgan fingerprint density at radius 1 is 1.15 bits per heavy atom. The Morgan fingerprint density at radius 3 is 2.38 bits per heavy atom. The Morgan fingerprint density at radius 2 is 1.80 bits per heavy atom. The average Bonchev–Trinajstić information content (AvgIpc) is 3.17. The molecule has 2 N–H and O–H groups in total. The van der Waals surface area contributed by atoms with Gasteiger partial charge in [0, 0.05) is 29.9 Å². The maximum atomic E-state index is 13.3. The molecule has 0 aliphatic heterocycles. The van der Waals surface area contributed by atoms with Gasteiger partial charge in [0.2, 0.25) is 0 Å².